The van der Waals surface area contributed by atoms with E-state index in [2.05, 4.69) is 94.1 Å². The number of carbonyl (C=O) groups excluding carboxylic acids is 1. The minimum absolute atomic E-state index is 0.0902. The van der Waals surface area contributed by atoms with Crippen LogP contribution >= 0.6 is 0 Å². The molecule has 3 nitrogen and oxygen atoms in total. The van der Waals surface area contributed by atoms with E-state index in [9.17, 15) is 4.79 Å². The van der Waals surface area contributed by atoms with E-state index in [0.717, 1.165) is 16.7 Å². The summed E-state index contributed by atoms with van der Waals surface area (Å²) in [6.45, 7) is 13.0. The highest BCUT2D eigenvalue weighted by Gasteiger charge is 2.24. The number of carbonyl (C=O) groups is 1. The first kappa shape index (κ1) is 24.2. The molecule has 0 saturated carbocycles. The molecule has 0 bridgehead atoms. The molecule has 1 fully saturated rings. The van der Waals surface area contributed by atoms with E-state index in [1.54, 1.807) is 0 Å². The molecule has 1 amide bonds. The third kappa shape index (κ3) is 5.10. The first-order chi connectivity index (χ1) is 16.4. The monoisotopic (exact) mass is 454 g/mol. The molecule has 3 heteroatoms. The summed E-state index contributed by atoms with van der Waals surface area (Å²) in [7, 11) is 0. The van der Waals surface area contributed by atoms with Crippen LogP contribution in [0.25, 0.3) is 22.3 Å². The summed E-state index contributed by atoms with van der Waals surface area (Å²) in [4.78, 5) is 17.9. The lowest BCUT2D eigenvalue weighted by Gasteiger charge is -2.31. The second kappa shape index (κ2) is 10.6. The zero-order valence-corrected chi connectivity index (χ0v) is 21.3. The molecular weight excluding hydrogens is 416 g/mol. The van der Waals surface area contributed by atoms with E-state index < -0.39 is 0 Å². The van der Waals surface area contributed by atoms with Crippen LogP contribution in [0, 0.1) is 0 Å². The van der Waals surface area contributed by atoms with Gasteiger partial charge in [-0.15, -0.1) is 0 Å². The molecule has 3 aromatic rings. The Morgan fingerprint density at radius 2 is 1.21 bits per heavy atom. The minimum atomic E-state index is 0.0902. The van der Waals surface area contributed by atoms with Gasteiger partial charge in [-0.1, -0.05) is 66.7 Å². The SMILES string of the molecule is CC(c1ccc(-c2ccc(-c3ccccc3C(=O)N(C(C)C)C(C)C)cc2)cc1)N1CCCC1. The van der Waals surface area contributed by atoms with Crippen molar-refractivity contribution >= 4 is 5.91 Å². The molecule has 1 aliphatic heterocycles. The Kier molecular flexibility index (Phi) is 7.53. The van der Waals surface area contributed by atoms with Crippen molar-refractivity contribution in [1.82, 2.24) is 9.80 Å². The first-order valence-corrected chi connectivity index (χ1v) is 12.7. The van der Waals surface area contributed by atoms with Crippen LogP contribution in [0.3, 0.4) is 0 Å². The number of nitrogens with zero attached hydrogens (tertiary/aromatic N) is 2. The molecule has 3 aromatic carbocycles. The average molecular weight is 455 g/mol. The molecule has 1 aliphatic rings. The fourth-order valence-corrected chi connectivity index (χ4v) is 5.26. The summed E-state index contributed by atoms with van der Waals surface area (Å²) in [5.41, 5.74) is 6.62. The average Bonchev–Trinajstić information content (AvgIpc) is 3.38. The fraction of sp³-hybridized carbons (Fsp3) is 0.387. The Balaban J connectivity index is 1.56. The van der Waals surface area contributed by atoms with E-state index in [1.165, 1.54) is 42.6 Å². The lowest BCUT2D eigenvalue weighted by molar-refractivity contribution is 0.0644. The van der Waals surface area contributed by atoms with Crippen molar-refractivity contribution in [2.75, 3.05) is 13.1 Å². The van der Waals surface area contributed by atoms with Crippen LogP contribution in [0.5, 0.6) is 0 Å². The van der Waals surface area contributed by atoms with Gasteiger partial charge in [0.2, 0.25) is 0 Å². The number of amides is 1. The van der Waals surface area contributed by atoms with Gasteiger partial charge in [-0.2, -0.15) is 0 Å². The lowest BCUT2D eigenvalue weighted by Crippen LogP contribution is -2.42. The molecule has 4 rings (SSSR count). The Hall–Kier alpha value is -2.91. The second-order valence-corrected chi connectivity index (χ2v) is 10.1. The van der Waals surface area contributed by atoms with Crippen molar-refractivity contribution in [3.63, 3.8) is 0 Å². The van der Waals surface area contributed by atoms with Gasteiger partial charge in [-0.25, -0.2) is 0 Å². The van der Waals surface area contributed by atoms with Crippen LogP contribution < -0.4 is 0 Å². The number of rotatable bonds is 7. The van der Waals surface area contributed by atoms with Crippen molar-refractivity contribution in [1.29, 1.82) is 0 Å². The minimum Gasteiger partial charge on any atom is -0.334 e. The zero-order chi connectivity index (χ0) is 24.2. The largest absolute Gasteiger partial charge is 0.334 e. The van der Waals surface area contributed by atoms with Gasteiger partial charge in [-0.05, 0) is 94.4 Å². The van der Waals surface area contributed by atoms with Gasteiger partial charge in [-0.3, -0.25) is 9.69 Å². The highest BCUT2D eigenvalue weighted by Crippen LogP contribution is 2.30. The van der Waals surface area contributed by atoms with E-state index >= 15 is 0 Å². The van der Waals surface area contributed by atoms with Gasteiger partial charge in [0.05, 0.1) is 0 Å². The molecule has 0 N–H and O–H groups in total. The summed E-state index contributed by atoms with van der Waals surface area (Å²) in [5.74, 6) is 0.0902. The molecule has 1 saturated heterocycles. The summed E-state index contributed by atoms with van der Waals surface area (Å²) in [5, 5.41) is 0. The summed E-state index contributed by atoms with van der Waals surface area (Å²) >= 11 is 0. The third-order valence-corrected chi connectivity index (χ3v) is 7.12. The quantitative estimate of drug-likeness (QED) is 0.370. The van der Waals surface area contributed by atoms with E-state index in [-0.39, 0.29) is 18.0 Å². The molecule has 34 heavy (non-hydrogen) atoms. The third-order valence-electron chi connectivity index (χ3n) is 7.12. The molecule has 0 aromatic heterocycles. The lowest BCUT2D eigenvalue weighted by atomic mass is 9.95. The van der Waals surface area contributed by atoms with E-state index in [1.807, 2.05) is 23.1 Å². The van der Waals surface area contributed by atoms with Gasteiger partial charge in [0.1, 0.15) is 0 Å². The predicted octanol–water partition coefficient (Wildman–Crippen LogP) is 7.44. The van der Waals surface area contributed by atoms with Gasteiger partial charge >= 0.3 is 0 Å². The van der Waals surface area contributed by atoms with E-state index in [0.29, 0.717) is 6.04 Å². The van der Waals surface area contributed by atoms with Crippen molar-refractivity contribution in [3.8, 4) is 22.3 Å². The summed E-state index contributed by atoms with van der Waals surface area (Å²) < 4.78 is 0. The Labute approximate surface area is 205 Å². The van der Waals surface area contributed by atoms with Crippen LogP contribution in [0.1, 0.15) is 69.4 Å². The van der Waals surface area contributed by atoms with Gasteiger partial charge in [0.25, 0.3) is 5.91 Å². The van der Waals surface area contributed by atoms with Crippen LogP contribution in [-0.2, 0) is 0 Å². The highest BCUT2D eigenvalue weighted by atomic mass is 16.2. The molecule has 1 atom stereocenters. The summed E-state index contributed by atoms with van der Waals surface area (Å²) in [6, 6.07) is 26.4. The van der Waals surface area contributed by atoms with Gasteiger partial charge in [0.15, 0.2) is 0 Å². The maximum absolute atomic E-state index is 13.4. The Bertz CT molecular complexity index is 1090. The topological polar surface area (TPSA) is 23.6 Å². The standard InChI is InChI=1S/C31H38N2O/c1-22(2)33(23(3)4)31(34)30-11-7-6-10-29(30)28-18-16-27(17-19-28)26-14-12-25(13-15-26)24(5)32-20-8-9-21-32/h6-7,10-19,22-24H,8-9,20-21H2,1-5H3. The zero-order valence-electron chi connectivity index (χ0n) is 21.3. The number of hydrogen-bond acceptors (Lipinski definition) is 2. The number of hydrogen-bond donors (Lipinski definition) is 0. The number of likely N-dealkylation sites (tertiary alicyclic amines) is 1. The fourth-order valence-electron chi connectivity index (χ4n) is 5.26. The van der Waals surface area contributed by atoms with Crippen molar-refractivity contribution in [3.05, 3.63) is 83.9 Å². The molecule has 1 unspecified atom stereocenters. The van der Waals surface area contributed by atoms with Crippen LogP contribution in [-0.4, -0.2) is 40.9 Å². The summed E-state index contributed by atoms with van der Waals surface area (Å²) in [6.07, 6.45) is 2.63. The van der Waals surface area contributed by atoms with Crippen molar-refractivity contribution < 1.29 is 4.79 Å². The maximum atomic E-state index is 13.4. The van der Waals surface area contributed by atoms with Gasteiger partial charge in [0, 0.05) is 23.7 Å². The smallest absolute Gasteiger partial charge is 0.254 e. The number of benzene rings is 3. The Morgan fingerprint density at radius 1 is 0.706 bits per heavy atom. The van der Waals surface area contributed by atoms with Crippen LogP contribution in [0.2, 0.25) is 0 Å². The molecule has 0 radical (unpaired) electrons. The Morgan fingerprint density at radius 3 is 1.76 bits per heavy atom. The van der Waals surface area contributed by atoms with E-state index in [4.69, 9.17) is 0 Å². The second-order valence-electron chi connectivity index (χ2n) is 10.1. The molecule has 0 spiro atoms. The molecule has 178 valence electrons. The highest BCUT2D eigenvalue weighted by molar-refractivity contribution is 6.01. The maximum Gasteiger partial charge on any atom is 0.254 e. The molecular formula is C31H38N2O. The van der Waals surface area contributed by atoms with Gasteiger partial charge < -0.3 is 4.90 Å². The normalized spacial score (nSPS) is 15.1. The molecule has 0 aliphatic carbocycles. The van der Waals surface area contributed by atoms with Crippen molar-refractivity contribution in [2.24, 2.45) is 0 Å². The van der Waals surface area contributed by atoms with Crippen molar-refractivity contribution in [2.45, 2.75) is 65.6 Å². The van der Waals surface area contributed by atoms with Crippen LogP contribution in [0.4, 0.5) is 0 Å². The predicted molar refractivity (Wildman–Crippen MR) is 143 cm³/mol. The van der Waals surface area contributed by atoms with Crippen LogP contribution in [0.15, 0.2) is 72.8 Å². The first-order valence-electron chi connectivity index (χ1n) is 12.7. The molecule has 1 heterocycles.